The predicted octanol–water partition coefficient (Wildman–Crippen LogP) is 1.78. The van der Waals surface area contributed by atoms with E-state index in [4.69, 9.17) is 0 Å². The Balaban J connectivity index is 1.77. The highest BCUT2D eigenvalue weighted by Crippen LogP contribution is 2.40. The maximum Gasteiger partial charge on any atom is 0.273 e. The summed E-state index contributed by atoms with van der Waals surface area (Å²) in [6, 6.07) is 0. The van der Waals surface area contributed by atoms with E-state index in [1.807, 2.05) is 4.90 Å². The molecular formula is C14H20N4O. The normalized spacial score (nSPS) is 26.9. The summed E-state index contributed by atoms with van der Waals surface area (Å²) in [6.07, 6.45) is 11.9. The fraction of sp³-hybridized carbons (Fsp3) is 0.643. The molecule has 1 amide bonds. The second-order valence-corrected chi connectivity index (χ2v) is 5.79. The molecule has 0 radical (unpaired) electrons. The second-order valence-electron chi connectivity index (χ2n) is 5.79. The molecule has 5 heteroatoms. The Morgan fingerprint density at radius 3 is 2.95 bits per heavy atom. The van der Waals surface area contributed by atoms with Crippen molar-refractivity contribution in [2.45, 2.75) is 32.1 Å². The van der Waals surface area contributed by atoms with E-state index in [9.17, 15) is 4.79 Å². The van der Waals surface area contributed by atoms with Gasteiger partial charge in [-0.05, 0) is 37.5 Å². The minimum Gasteiger partial charge on any atom is -0.337 e. The topological polar surface area (TPSA) is 51.0 Å². The van der Waals surface area contributed by atoms with Crippen LogP contribution in [0.4, 0.5) is 0 Å². The van der Waals surface area contributed by atoms with Gasteiger partial charge in [0.05, 0.1) is 6.20 Å². The predicted molar refractivity (Wildman–Crippen MR) is 71.6 cm³/mol. The molecule has 19 heavy (non-hydrogen) atoms. The van der Waals surface area contributed by atoms with Crippen LogP contribution in [-0.2, 0) is 7.05 Å². The largest absolute Gasteiger partial charge is 0.337 e. The van der Waals surface area contributed by atoms with Crippen LogP contribution in [0.5, 0.6) is 0 Å². The zero-order valence-electron chi connectivity index (χ0n) is 11.4. The van der Waals surface area contributed by atoms with Crippen LogP contribution in [0, 0.1) is 5.41 Å². The SMILES string of the molecule is Cn1nncc1C(=O)N1CCCC2(CC=CCC2)C1. The van der Waals surface area contributed by atoms with Crippen LogP contribution in [-0.4, -0.2) is 38.9 Å². The zero-order chi connectivity index (χ0) is 13.3. The standard InChI is InChI=1S/C14H20N4O/c1-17-12(10-15-16-17)13(19)18-9-5-8-14(11-18)6-3-2-4-7-14/h2-3,10H,4-9,11H2,1H3. The van der Waals surface area contributed by atoms with E-state index in [0.29, 0.717) is 11.1 Å². The Bertz CT molecular complexity index is 507. The summed E-state index contributed by atoms with van der Waals surface area (Å²) in [5.74, 6) is 0.0705. The summed E-state index contributed by atoms with van der Waals surface area (Å²) in [6.45, 7) is 1.73. The van der Waals surface area contributed by atoms with Gasteiger partial charge in [-0.1, -0.05) is 17.4 Å². The Kier molecular flexibility index (Phi) is 3.12. The molecule has 1 aromatic rings. The molecule has 1 saturated heterocycles. The summed E-state index contributed by atoms with van der Waals surface area (Å²) < 4.78 is 1.56. The van der Waals surface area contributed by atoms with E-state index >= 15 is 0 Å². The lowest BCUT2D eigenvalue weighted by atomic mass is 9.71. The maximum absolute atomic E-state index is 12.5. The number of likely N-dealkylation sites (tertiary alicyclic amines) is 1. The lowest BCUT2D eigenvalue weighted by molar-refractivity contribution is 0.0474. The van der Waals surface area contributed by atoms with Crippen molar-refractivity contribution in [3.8, 4) is 0 Å². The Morgan fingerprint density at radius 2 is 2.26 bits per heavy atom. The van der Waals surface area contributed by atoms with E-state index < -0.39 is 0 Å². The first-order valence-electron chi connectivity index (χ1n) is 6.99. The van der Waals surface area contributed by atoms with E-state index in [1.165, 1.54) is 12.8 Å². The van der Waals surface area contributed by atoms with Gasteiger partial charge >= 0.3 is 0 Å². The lowest BCUT2D eigenvalue weighted by Crippen LogP contribution is -2.46. The highest BCUT2D eigenvalue weighted by atomic mass is 16.2. The van der Waals surface area contributed by atoms with E-state index in [0.717, 1.165) is 32.4 Å². The van der Waals surface area contributed by atoms with Gasteiger partial charge in [-0.25, -0.2) is 4.68 Å². The maximum atomic E-state index is 12.5. The third kappa shape index (κ3) is 2.29. The van der Waals surface area contributed by atoms with Gasteiger partial charge in [0.2, 0.25) is 0 Å². The minimum absolute atomic E-state index is 0.0705. The molecule has 0 bridgehead atoms. The van der Waals surface area contributed by atoms with Crippen molar-refractivity contribution < 1.29 is 4.79 Å². The molecule has 102 valence electrons. The number of rotatable bonds is 1. The zero-order valence-corrected chi connectivity index (χ0v) is 11.4. The Labute approximate surface area is 113 Å². The third-order valence-electron chi connectivity index (χ3n) is 4.44. The number of nitrogens with zero attached hydrogens (tertiary/aromatic N) is 4. The van der Waals surface area contributed by atoms with Crippen LogP contribution >= 0.6 is 0 Å². The number of carbonyl (C=O) groups excluding carboxylic acids is 1. The quantitative estimate of drug-likeness (QED) is 0.723. The minimum atomic E-state index is 0.0705. The number of hydrogen-bond donors (Lipinski definition) is 0. The summed E-state index contributed by atoms with van der Waals surface area (Å²) in [5.41, 5.74) is 0.901. The molecule has 3 rings (SSSR count). The van der Waals surface area contributed by atoms with E-state index in [-0.39, 0.29) is 5.91 Å². The van der Waals surface area contributed by atoms with Crippen LogP contribution in [0.3, 0.4) is 0 Å². The number of aromatic nitrogens is 3. The van der Waals surface area contributed by atoms with Gasteiger partial charge in [0.15, 0.2) is 0 Å². The van der Waals surface area contributed by atoms with Crippen molar-refractivity contribution in [3.05, 3.63) is 24.0 Å². The van der Waals surface area contributed by atoms with Gasteiger partial charge in [0.1, 0.15) is 5.69 Å². The highest BCUT2D eigenvalue weighted by molar-refractivity contribution is 5.92. The fourth-order valence-corrected chi connectivity index (χ4v) is 3.34. The Morgan fingerprint density at radius 1 is 1.37 bits per heavy atom. The van der Waals surface area contributed by atoms with Crippen molar-refractivity contribution in [1.29, 1.82) is 0 Å². The van der Waals surface area contributed by atoms with Crippen molar-refractivity contribution >= 4 is 5.91 Å². The molecule has 0 aromatic carbocycles. The monoisotopic (exact) mass is 260 g/mol. The van der Waals surface area contributed by atoms with Gasteiger partial charge in [0, 0.05) is 20.1 Å². The first-order valence-corrected chi connectivity index (χ1v) is 6.99. The summed E-state index contributed by atoms with van der Waals surface area (Å²) >= 11 is 0. The number of piperidine rings is 1. The van der Waals surface area contributed by atoms with Crippen molar-refractivity contribution in [2.24, 2.45) is 12.5 Å². The molecule has 5 nitrogen and oxygen atoms in total. The van der Waals surface area contributed by atoms with Crippen LogP contribution in [0.2, 0.25) is 0 Å². The number of carbonyl (C=O) groups is 1. The fourth-order valence-electron chi connectivity index (χ4n) is 3.34. The molecule has 1 unspecified atom stereocenters. The van der Waals surface area contributed by atoms with E-state index in [1.54, 1.807) is 17.9 Å². The summed E-state index contributed by atoms with van der Waals surface area (Å²) in [4.78, 5) is 14.5. The second kappa shape index (κ2) is 4.79. The molecule has 1 atom stereocenters. The lowest BCUT2D eigenvalue weighted by Gasteiger charge is -2.43. The molecule has 1 aliphatic carbocycles. The molecule has 2 aliphatic rings. The molecule has 1 aromatic heterocycles. The molecule has 1 spiro atoms. The molecule has 0 N–H and O–H groups in total. The van der Waals surface area contributed by atoms with Crippen LogP contribution in [0.25, 0.3) is 0 Å². The first kappa shape index (κ1) is 12.4. The molecule has 2 heterocycles. The average molecular weight is 260 g/mol. The Hall–Kier alpha value is -1.65. The first-order chi connectivity index (χ1) is 9.20. The van der Waals surface area contributed by atoms with Crippen LogP contribution in [0.15, 0.2) is 18.3 Å². The van der Waals surface area contributed by atoms with E-state index in [2.05, 4.69) is 22.5 Å². The van der Waals surface area contributed by atoms with Gasteiger partial charge in [-0.2, -0.15) is 0 Å². The molecule has 1 fully saturated rings. The van der Waals surface area contributed by atoms with Gasteiger partial charge in [-0.15, -0.1) is 5.10 Å². The van der Waals surface area contributed by atoms with Crippen molar-refractivity contribution in [1.82, 2.24) is 19.9 Å². The highest BCUT2D eigenvalue weighted by Gasteiger charge is 2.37. The van der Waals surface area contributed by atoms with Crippen molar-refractivity contribution in [3.63, 3.8) is 0 Å². The molecular weight excluding hydrogens is 240 g/mol. The molecule has 1 aliphatic heterocycles. The number of amides is 1. The number of allylic oxidation sites excluding steroid dienone is 2. The van der Waals surface area contributed by atoms with Crippen LogP contribution in [0.1, 0.15) is 42.6 Å². The number of aryl methyl sites for hydroxylation is 1. The van der Waals surface area contributed by atoms with Crippen LogP contribution < -0.4 is 0 Å². The number of hydrogen-bond acceptors (Lipinski definition) is 3. The smallest absolute Gasteiger partial charge is 0.273 e. The molecule has 0 saturated carbocycles. The summed E-state index contributed by atoms with van der Waals surface area (Å²) in [7, 11) is 1.77. The third-order valence-corrected chi connectivity index (χ3v) is 4.44. The van der Waals surface area contributed by atoms with Gasteiger partial charge in [-0.3, -0.25) is 4.79 Å². The van der Waals surface area contributed by atoms with Gasteiger partial charge in [0.25, 0.3) is 5.91 Å². The average Bonchev–Trinajstić information content (AvgIpc) is 2.85. The van der Waals surface area contributed by atoms with Crippen molar-refractivity contribution in [2.75, 3.05) is 13.1 Å². The van der Waals surface area contributed by atoms with Gasteiger partial charge < -0.3 is 4.90 Å². The summed E-state index contributed by atoms with van der Waals surface area (Å²) in [5, 5.41) is 7.64.